The predicted octanol–water partition coefficient (Wildman–Crippen LogP) is 1.64. The number of nitrogen functional groups attached to an aromatic ring is 1. The third-order valence-corrected chi connectivity index (χ3v) is 2.65. The van der Waals surface area contributed by atoms with Crippen LogP contribution >= 0.6 is 0 Å². The third kappa shape index (κ3) is 3.67. The van der Waals surface area contributed by atoms with Crippen LogP contribution in [0.15, 0.2) is 18.2 Å². The molecule has 104 valence electrons. The molecule has 0 saturated heterocycles. The lowest BCUT2D eigenvalue weighted by Crippen LogP contribution is -2.49. The van der Waals surface area contributed by atoms with Gasteiger partial charge in [0.25, 0.3) is 5.91 Å². The number of amides is 1. The molecule has 1 amide bonds. The van der Waals surface area contributed by atoms with Crippen LogP contribution in [-0.2, 0) is 4.79 Å². The van der Waals surface area contributed by atoms with E-state index in [0.29, 0.717) is 0 Å². The van der Waals surface area contributed by atoms with Crippen LogP contribution in [0.4, 0.5) is 10.1 Å². The van der Waals surface area contributed by atoms with Crippen LogP contribution in [0.5, 0.6) is 0 Å². The molecule has 0 bridgehead atoms. The lowest BCUT2D eigenvalue weighted by atomic mass is 9.86. The molecule has 0 radical (unpaired) electrons. The minimum absolute atomic E-state index is 0.0298. The van der Waals surface area contributed by atoms with Gasteiger partial charge in [0.1, 0.15) is 11.9 Å². The molecule has 4 N–H and O–H groups in total. The molecular weight excluding hydrogens is 251 g/mol. The Morgan fingerprint density at radius 1 is 1.37 bits per heavy atom. The zero-order valence-electron chi connectivity index (χ0n) is 11.0. The highest BCUT2D eigenvalue weighted by Crippen LogP contribution is 2.20. The Labute approximate surface area is 110 Å². The van der Waals surface area contributed by atoms with Gasteiger partial charge in [-0.15, -0.1) is 0 Å². The van der Waals surface area contributed by atoms with Crippen molar-refractivity contribution in [1.29, 1.82) is 0 Å². The maximum absolute atomic E-state index is 13.2. The van der Waals surface area contributed by atoms with E-state index in [1.165, 1.54) is 12.1 Å². The summed E-state index contributed by atoms with van der Waals surface area (Å²) in [7, 11) is 0. The van der Waals surface area contributed by atoms with E-state index in [9.17, 15) is 14.0 Å². The van der Waals surface area contributed by atoms with Crippen LogP contribution < -0.4 is 11.1 Å². The molecule has 5 nitrogen and oxygen atoms in total. The van der Waals surface area contributed by atoms with Gasteiger partial charge in [0, 0.05) is 5.56 Å². The van der Waals surface area contributed by atoms with Gasteiger partial charge in [0.2, 0.25) is 0 Å². The number of hydrogen-bond donors (Lipinski definition) is 3. The molecule has 1 aromatic carbocycles. The van der Waals surface area contributed by atoms with Crippen LogP contribution in [-0.4, -0.2) is 23.0 Å². The third-order valence-electron chi connectivity index (χ3n) is 2.65. The second-order valence-electron chi connectivity index (χ2n) is 5.35. The van der Waals surface area contributed by atoms with E-state index in [0.717, 1.165) is 6.07 Å². The summed E-state index contributed by atoms with van der Waals surface area (Å²) >= 11 is 0. The van der Waals surface area contributed by atoms with Crippen molar-refractivity contribution in [3.63, 3.8) is 0 Å². The van der Waals surface area contributed by atoms with Gasteiger partial charge in [-0.05, 0) is 23.6 Å². The van der Waals surface area contributed by atoms with Gasteiger partial charge < -0.3 is 16.2 Å². The van der Waals surface area contributed by atoms with E-state index in [2.05, 4.69) is 5.32 Å². The number of carboxylic acids is 1. The lowest BCUT2D eigenvalue weighted by Gasteiger charge is -2.27. The van der Waals surface area contributed by atoms with Crippen molar-refractivity contribution >= 4 is 17.6 Å². The molecule has 1 aromatic rings. The molecule has 0 aromatic heterocycles. The summed E-state index contributed by atoms with van der Waals surface area (Å²) in [6.45, 7) is 5.07. The van der Waals surface area contributed by atoms with Crippen LogP contribution in [0.3, 0.4) is 0 Å². The fourth-order valence-corrected chi connectivity index (χ4v) is 1.53. The maximum Gasteiger partial charge on any atom is 0.326 e. The van der Waals surface area contributed by atoms with Crippen LogP contribution in [0.25, 0.3) is 0 Å². The largest absolute Gasteiger partial charge is 0.480 e. The molecule has 0 aliphatic carbocycles. The molecule has 0 spiro atoms. The number of nitrogens with one attached hydrogen (secondary N) is 1. The number of benzene rings is 1. The fraction of sp³-hybridized carbons (Fsp3) is 0.385. The minimum Gasteiger partial charge on any atom is -0.480 e. The number of anilines is 1. The van der Waals surface area contributed by atoms with Gasteiger partial charge in [0.15, 0.2) is 0 Å². The van der Waals surface area contributed by atoms with Gasteiger partial charge in [0.05, 0.1) is 5.69 Å². The maximum atomic E-state index is 13.2. The quantitative estimate of drug-likeness (QED) is 0.726. The van der Waals surface area contributed by atoms with E-state index in [1.54, 1.807) is 20.8 Å². The fourth-order valence-electron chi connectivity index (χ4n) is 1.53. The predicted molar refractivity (Wildman–Crippen MR) is 69.2 cm³/mol. The number of hydrogen-bond acceptors (Lipinski definition) is 3. The van der Waals surface area contributed by atoms with Crippen LogP contribution in [0.2, 0.25) is 0 Å². The summed E-state index contributed by atoms with van der Waals surface area (Å²) in [5.74, 6) is -2.51. The van der Waals surface area contributed by atoms with Crippen molar-refractivity contribution in [2.45, 2.75) is 26.8 Å². The Hall–Kier alpha value is -2.11. The van der Waals surface area contributed by atoms with Gasteiger partial charge in [-0.25, -0.2) is 9.18 Å². The van der Waals surface area contributed by atoms with Crippen molar-refractivity contribution in [3.8, 4) is 0 Å². The van der Waals surface area contributed by atoms with Crippen molar-refractivity contribution in [3.05, 3.63) is 29.6 Å². The van der Waals surface area contributed by atoms with E-state index < -0.39 is 29.2 Å². The first-order valence-electron chi connectivity index (χ1n) is 5.71. The van der Waals surface area contributed by atoms with Crippen molar-refractivity contribution in [2.24, 2.45) is 5.41 Å². The van der Waals surface area contributed by atoms with Gasteiger partial charge >= 0.3 is 5.97 Å². The summed E-state index contributed by atoms with van der Waals surface area (Å²) in [4.78, 5) is 23.0. The molecular formula is C13H17FN2O3. The normalized spacial score (nSPS) is 12.8. The van der Waals surface area contributed by atoms with E-state index in [1.807, 2.05) is 0 Å². The molecule has 1 atom stereocenters. The number of rotatable bonds is 3. The number of carboxylic acid groups (broad SMARTS) is 1. The van der Waals surface area contributed by atoms with E-state index >= 15 is 0 Å². The molecule has 19 heavy (non-hydrogen) atoms. The zero-order chi connectivity index (χ0) is 14.8. The number of nitrogens with two attached hydrogens (primary N) is 1. The Bertz CT molecular complexity index is 509. The molecule has 0 saturated carbocycles. The van der Waals surface area contributed by atoms with Crippen molar-refractivity contribution in [1.82, 2.24) is 5.32 Å². The number of carbonyl (C=O) groups excluding carboxylic acids is 1. The minimum atomic E-state index is -1.14. The highest BCUT2D eigenvalue weighted by Gasteiger charge is 2.32. The Kier molecular flexibility index (Phi) is 4.14. The first kappa shape index (κ1) is 14.9. The van der Waals surface area contributed by atoms with Gasteiger partial charge in [-0.2, -0.15) is 0 Å². The van der Waals surface area contributed by atoms with Gasteiger partial charge in [-0.1, -0.05) is 20.8 Å². The topological polar surface area (TPSA) is 92.4 Å². The van der Waals surface area contributed by atoms with Crippen molar-refractivity contribution in [2.75, 3.05) is 5.73 Å². The standard InChI is InChI=1S/C13H17FN2O3/c1-13(2,3)10(12(18)19)16-11(17)7-4-5-9(15)8(14)6-7/h4-6,10H,15H2,1-3H3,(H,16,17)(H,18,19)/t10-/m0/s1. The molecule has 0 heterocycles. The van der Waals surface area contributed by atoms with Gasteiger partial charge in [-0.3, -0.25) is 4.79 Å². The summed E-state index contributed by atoms with van der Waals surface area (Å²) in [5.41, 5.74) is 4.61. The highest BCUT2D eigenvalue weighted by molar-refractivity contribution is 5.97. The lowest BCUT2D eigenvalue weighted by molar-refractivity contribution is -0.142. The summed E-state index contributed by atoms with van der Waals surface area (Å²) in [5, 5.41) is 11.5. The molecule has 1 rings (SSSR count). The zero-order valence-corrected chi connectivity index (χ0v) is 11.0. The molecule has 6 heteroatoms. The molecule has 0 fully saturated rings. The van der Waals surface area contributed by atoms with Crippen molar-refractivity contribution < 1.29 is 19.1 Å². The monoisotopic (exact) mass is 268 g/mol. The first-order chi connectivity index (χ1) is 8.62. The number of aliphatic carboxylic acids is 1. The molecule has 0 aliphatic rings. The number of carbonyl (C=O) groups is 2. The summed E-state index contributed by atoms with van der Waals surface area (Å²) in [6.07, 6.45) is 0. The Morgan fingerprint density at radius 3 is 2.37 bits per heavy atom. The SMILES string of the molecule is CC(C)(C)[C@@H](NC(=O)c1ccc(N)c(F)c1)C(=O)O. The van der Waals surface area contributed by atoms with E-state index in [4.69, 9.17) is 10.8 Å². The second-order valence-corrected chi connectivity index (χ2v) is 5.35. The number of halogens is 1. The van der Waals surface area contributed by atoms with Crippen LogP contribution in [0, 0.1) is 11.2 Å². The molecule has 0 unspecified atom stereocenters. The first-order valence-corrected chi connectivity index (χ1v) is 5.71. The summed E-state index contributed by atoms with van der Waals surface area (Å²) in [6, 6.07) is 2.51. The average molecular weight is 268 g/mol. The smallest absolute Gasteiger partial charge is 0.326 e. The summed E-state index contributed by atoms with van der Waals surface area (Å²) < 4.78 is 13.2. The Balaban J connectivity index is 2.94. The highest BCUT2D eigenvalue weighted by atomic mass is 19.1. The second kappa shape index (κ2) is 5.26. The Morgan fingerprint density at radius 2 is 1.95 bits per heavy atom. The molecule has 0 aliphatic heterocycles. The van der Waals surface area contributed by atoms with Crippen LogP contribution in [0.1, 0.15) is 31.1 Å². The van der Waals surface area contributed by atoms with E-state index in [-0.39, 0.29) is 11.3 Å². The average Bonchev–Trinajstić information content (AvgIpc) is 2.27.